The number of amidine groups is 2. The molecule has 0 amide bonds. The van der Waals surface area contributed by atoms with E-state index in [0.717, 1.165) is 12.8 Å². The largest absolute Gasteiger partial charge is 0.463 e. The summed E-state index contributed by atoms with van der Waals surface area (Å²) in [6.45, 7) is 5.67. The first kappa shape index (κ1) is 21.7. The Morgan fingerprint density at radius 2 is 1.10 bits per heavy atom. The predicted molar refractivity (Wildman–Crippen MR) is 122 cm³/mol. The van der Waals surface area contributed by atoms with Gasteiger partial charge in [0, 0.05) is 0 Å². The van der Waals surface area contributed by atoms with Crippen LogP contribution in [0.5, 0.6) is 0 Å². The molecule has 0 spiro atoms. The van der Waals surface area contributed by atoms with Crippen molar-refractivity contribution in [2.24, 2.45) is 21.5 Å². The van der Waals surface area contributed by atoms with Crippen LogP contribution < -0.4 is 11.5 Å². The highest BCUT2D eigenvalue weighted by Gasteiger charge is 2.20. The first-order valence-corrected chi connectivity index (χ1v) is 10.5. The average molecular weight is 409 g/mol. The molecule has 0 saturated heterocycles. The lowest BCUT2D eigenvalue weighted by Gasteiger charge is -2.13. The van der Waals surface area contributed by atoms with E-state index in [9.17, 15) is 0 Å². The van der Waals surface area contributed by atoms with Crippen LogP contribution in [0.15, 0.2) is 70.6 Å². The first-order chi connectivity index (χ1) is 14.5. The van der Waals surface area contributed by atoms with E-state index in [1.165, 1.54) is 11.1 Å². The smallest absolute Gasteiger partial charge is 0.282 e. The van der Waals surface area contributed by atoms with Crippen LogP contribution in [0.3, 0.4) is 0 Å². The fourth-order valence-electron chi connectivity index (χ4n) is 3.77. The molecule has 2 aromatic rings. The van der Waals surface area contributed by atoms with Crippen LogP contribution in [0, 0.1) is 0 Å². The maximum atomic E-state index is 5.47. The van der Waals surface area contributed by atoms with E-state index in [-0.39, 0.29) is 12.1 Å². The van der Waals surface area contributed by atoms with E-state index < -0.39 is 0 Å². The maximum Gasteiger partial charge on any atom is 0.282 e. The molecule has 2 aliphatic heterocycles. The van der Waals surface area contributed by atoms with Gasteiger partial charge in [-0.15, -0.1) is 0 Å². The van der Waals surface area contributed by atoms with Gasteiger partial charge in [-0.25, -0.2) is 9.98 Å². The topological polar surface area (TPSA) is 95.2 Å². The molecule has 6 nitrogen and oxygen atoms in total. The minimum absolute atomic E-state index is 0.222. The quantitative estimate of drug-likeness (QED) is 0.760. The zero-order valence-electron chi connectivity index (χ0n) is 17.8. The minimum Gasteiger partial charge on any atom is -0.463 e. The molecule has 4 atom stereocenters. The van der Waals surface area contributed by atoms with Crippen LogP contribution in [0.2, 0.25) is 0 Å². The Kier molecular flexibility index (Phi) is 7.71. The molecular formula is C24H32N4O2. The lowest BCUT2D eigenvalue weighted by atomic mass is 9.94. The van der Waals surface area contributed by atoms with Gasteiger partial charge in [0.15, 0.2) is 0 Å². The number of benzene rings is 2. The summed E-state index contributed by atoms with van der Waals surface area (Å²) in [5.74, 6) is 0.990. The van der Waals surface area contributed by atoms with Crippen molar-refractivity contribution in [3.8, 4) is 0 Å². The summed E-state index contributed by atoms with van der Waals surface area (Å²) in [4.78, 5) is 8.45. The summed E-state index contributed by atoms with van der Waals surface area (Å²) in [5, 5.41) is 0. The van der Waals surface area contributed by atoms with Crippen molar-refractivity contribution >= 4 is 12.0 Å². The highest BCUT2D eigenvalue weighted by Crippen LogP contribution is 2.24. The molecule has 2 aliphatic rings. The lowest BCUT2D eigenvalue weighted by molar-refractivity contribution is 0.303. The number of hydrogen-bond donors (Lipinski definition) is 2. The molecule has 160 valence electrons. The molecule has 2 aromatic carbocycles. The third-order valence-electron chi connectivity index (χ3n) is 5.46. The molecule has 0 aliphatic carbocycles. The Labute approximate surface area is 179 Å². The summed E-state index contributed by atoms with van der Waals surface area (Å²) in [6.07, 6.45) is 1.98. The van der Waals surface area contributed by atoms with Crippen LogP contribution in [0.1, 0.15) is 49.7 Å². The van der Waals surface area contributed by atoms with E-state index in [1.54, 1.807) is 0 Å². The van der Waals surface area contributed by atoms with Gasteiger partial charge >= 0.3 is 0 Å². The zero-order chi connectivity index (χ0) is 21.3. The van der Waals surface area contributed by atoms with Gasteiger partial charge in [-0.3, -0.25) is 0 Å². The number of nitrogens with two attached hydrogens (primary N) is 2. The van der Waals surface area contributed by atoms with Gasteiger partial charge in [0.05, 0.1) is 12.1 Å². The van der Waals surface area contributed by atoms with E-state index >= 15 is 0 Å². The maximum absolute atomic E-state index is 5.47. The third-order valence-corrected chi connectivity index (χ3v) is 5.46. The number of nitrogens with zero attached hydrogens (tertiary/aromatic N) is 2. The Morgan fingerprint density at radius 3 is 1.40 bits per heavy atom. The van der Waals surface area contributed by atoms with Crippen molar-refractivity contribution in [2.75, 3.05) is 13.2 Å². The summed E-state index contributed by atoms with van der Waals surface area (Å²) in [7, 11) is 0. The van der Waals surface area contributed by atoms with Gasteiger partial charge in [-0.1, -0.05) is 74.5 Å². The number of rotatable bonds is 6. The molecule has 0 fully saturated rings. The van der Waals surface area contributed by atoms with Crippen LogP contribution in [-0.2, 0) is 9.47 Å². The predicted octanol–water partition coefficient (Wildman–Crippen LogP) is 3.79. The third kappa shape index (κ3) is 6.51. The van der Waals surface area contributed by atoms with Gasteiger partial charge in [0.25, 0.3) is 12.0 Å². The minimum atomic E-state index is 0.222. The monoisotopic (exact) mass is 408 g/mol. The first-order valence-electron chi connectivity index (χ1n) is 10.5. The van der Waals surface area contributed by atoms with Gasteiger partial charge in [-0.2, -0.15) is 0 Å². The Bertz CT molecular complexity index is 767. The van der Waals surface area contributed by atoms with Crippen LogP contribution in [0.25, 0.3) is 0 Å². The Balaban J connectivity index is 0.000000171. The van der Waals surface area contributed by atoms with Crippen molar-refractivity contribution in [3.63, 3.8) is 0 Å². The van der Waals surface area contributed by atoms with E-state index in [1.807, 2.05) is 12.1 Å². The van der Waals surface area contributed by atoms with Crippen LogP contribution in [0.4, 0.5) is 0 Å². The molecule has 0 bridgehead atoms. The molecule has 0 saturated carbocycles. The van der Waals surface area contributed by atoms with Crippen LogP contribution >= 0.6 is 0 Å². The van der Waals surface area contributed by atoms with Gasteiger partial charge in [-0.05, 0) is 35.8 Å². The van der Waals surface area contributed by atoms with Crippen molar-refractivity contribution in [2.45, 2.75) is 50.6 Å². The molecular weight excluding hydrogens is 376 g/mol. The molecule has 0 radical (unpaired) electrons. The van der Waals surface area contributed by atoms with Crippen molar-refractivity contribution in [3.05, 3.63) is 71.8 Å². The zero-order valence-corrected chi connectivity index (χ0v) is 17.8. The van der Waals surface area contributed by atoms with Crippen LogP contribution in [-0.4, -0.2) is 37.3 Å². The summed E-state index contributed by atoms with van der Waals surface area (Å²) in [6, 6.07) is 22.0. The number of ether oxygens (including phenoxy) is 2. The second-order valence-corrected chi connectivity index (χ2v) is 7.96. The molecule has 30 heavy (non-hydrogen) atoms. The van der Waals surface area contributed by atoms with Crippen molar-refractivity contribution in [1.29, 1.82) is 0 Å². The lowest BCUT2D eigenvalue weighted by Crippen LogP contribution is -2.11. The molecule has 0 unspecified atom stereocenters. The molecule has 2 heterocycles. The van der Waals surface area contributed by atoms with Crippen molar-refractivity contribution < 1.29 is 9.47 Å². The van der Waals surface area contributed by atoms with Gasteiger partial charge in [0.1, 0.15) is 13.2 Å². The molecule has 4 rings (SSSR count). The summed E-state index contributed by atoms with van der Waals surface area (Å²) in [5.41, 5.74) is 13.6. The van der Waals surface area contributed by atoms with E-state index in [2.05, 4.69) is 72.4 Å². The number of hydrogen-bond acceptors (Lipinski definition) is 6. The normalized spacial score (nSPS) is 21.9. The van der Waals surface area contributed by atoms with Gasteiger partial charge in [0.2, 0.25) is 0 Å². The second kappa shape index (κ2) is 10.7. The molecule has 4 N–H and O–H groups in total. The Hall–Kier alpha value is -3.02. The van der Waals surface area contributed by atoms with E-state index in [0.29, 0.717) is 37.1 Å². The summed E-state index contributed by atoms with van der Waals surface area (Å²) >= 11 is 0. The van der Waals surface area contributed by atoms with Crippen molar-refractivity contribution in [1.82, 2.24) is 0 Å². The highest BCUT2D eigenvalue weighted by molar-refractivity contribution is 5.73. The molecule has 0 aromatic heterocycles. The average Bonchev–Trinajstić information content (AvgIpc) is 3.37. The fraction of sp³-hybridized carbons (Fsp3) is 0.417. The van der Waals surface area contributed by atoms with E-state index in [4.69, 9.17) is 20.9 Å². The second-order valence-electron chi connectivity index (χ2n) is 7.96. The van der Waals surface area contributed by atoms with Gasteiger partial charge < -0.3 is 20.9 Å². The standard InChI is InChI=1S/2C12H16N2O/c2*1-9(10-5-3-2-4-6-10)7-11-8-15-12(13)14-11/h2*2-6,9,11H,7-8H2,1H3,(H2,13,14)/t9-,11+;9-,11-/m10/s1. The molecule has 6 heteroatoms. The highest BCUT2D eigenvalue weighted by atomic mass is 16.5. The fourth-order valence-corrected chi connectivity index (χ4v) is 3.77. The Morgan fingerprint density at radius 1 is 0.733 bits per heavy atom. The SMILES string of the molecule is C[C@@H](C[C@H]1COC(N)=N1)c1ccccc1.C[C@H](C[C@H]1COC(N)=N1)c1ccccc1. The number of aliphatic imine (C=N–C) groups is 2. The summed E-state index contributed by atoms with van der Waals surface area (Å²) < 4.78 is 10.3.